The first-order valence-corrected chi connectivity index (χ1v) is 5.79. The van der Waals surface area contributed by atoms with E-state index in [2.05, 4.69) is 13.8 Å². The Labute approximate surface area is 76.7 Å². The fourth-order valence-electron chi connectivity index (χ4n) is 3.56. The molecule has 2 aliphatic carbocycles. The van der Waals surface area contributed by atoms with Gasteiger partial charge < -0.3 is 0 Å². The van der Waals surface area contributed by atoms with E-state index in [1.54, 1.807) is 0 Å². The van der Waals surface area contributed by atoms with Crippen LogP contribution >= 0.6 is 0 Å². The molecule has 0 heteroatoms. The van der Waals surface area contributed by atoms with Crippen molar-refractivity contribution in [2.75, 3.05) is 0 Å². The minimum atomic E-state index is 1.03. The Morgan fingerprint density at radius 3 is 1.50 bits per heavy atom. The van der Waals surface area contributed by atoms with Crippen LogP contribution in [0, 0.1) is 23.7 Å². The van der Waals surface area contributed by atoms with Crippen LogP contribution in [0.4, 0.5) is 0 Å². The van der Waals surface area contributed by atoms with Crippen molar-refractivity contribution in [3.8, 4) is 0 Å². The molecule has 0 aromatic rings. The fraction of sp³-hybridized carbons (Fsp3) is 1.00. The molecule has 2 saturated carbocycles. The number of fused-ring (bicyclic) bond motifs is 1. The van der Waals surface area contributed by atoms with Gasteiger partial charge in [-0.15, -0.1) is 0 Å². The van der Waals surface area contributed by atoms with Crippen LogP contribution in [0.15, 0.2) is 0 Å². The summed E-state index contributed by atoms with van der Waals surface area (Å²) in [5.41, 5.74) is 0. The van der Waals surface area contributed by atoms with Gasteiger partial charge in [0, 0.05) is 0 Å². The molecule has 0 heterocycles. The van der Waals surface area contributed by atoms with Gasteiger partial charge in [-0.2, -0.15) is 0 Å². The highest BCUT2D eigenvalue weighted by atomic mass is 14.4. The maximum Gasteiger partial charge on any atom is -0.0358 e. The molecule has 0 bridgehead atoms. The highest BCUT2D eigenvalue weighted by Gasteiger charge is 2.36. The predicted octanol–water partition coefficient (Wildman–Crippen LogP) is 3.86. The van der Waals surface area contributed by atoms with Crippen molar-refractivity contribution in [1.29, 1.82) is 0 Å². The second-order valence-electron chi connectivity index (χ2n) is 5.14. The number of rotatable bonds is 0. The topological polar surface area (TPSA) is 0 Å². The van der Waals surface area contributed by atoms with Gasteiger partial charge in [-0.1, -0.05) is 39.5 Å². The van der Waals surface area contributed by atoms with E-state index in [0.717, 1.165) is 23.7 Å². The van der Waals surface area contributed by atoms with Crippen molar-refractivity contribution in [2.45, 2.75) is 52.4 Å². The van der Waals surface area contributed by atoms with Crippen LogP contribution in [0.2, 0.25) is 0 Å². The smallest absolute Gasteiger partial charge is 0.0358 e. The van der Waals surface area contributed by atoms with E-state index < -0.39 is 0 Å². The summed E-state index contributed by atoms with van der Waals surface area (Å²) in [6, 6.07) is 0. The lowest BCUT2D eigenvalue weighted by Crippen LogP contribution is -2.34. The van der Waals surface area contributed by atoms with Gasteiger partial charge in [-0.05, 0) is 36.5 Å². The molecular weight excluding hydrogens is 144 g/mol. The van der Waals surface area contributed by atoms with E-state index in [1.165, 1.54) is 38.5 Å². The van der Waals surface area contributed by atoms with Crippen LogP contribution in [-0.2, 0) is 0 Å². The lowest BCUT2D eigenvalue weighted by atomic mass is 9.62. The normalized spacial score (nSPS) is 48.5. The monoisotopic (exact) mass is 166 g/mol. The molecule has 0 aromatic heterocycles. The van der Waals surface area contributed by atoms with Crippen LogP contribution in [-0.4, -0.2) is 0 Å². The Hall–Kier alpha value is 0. The van der Waals surface area contributed by atoms with Gasteiger partial charge in [-0.3, -0.25) is 0 Å². The molecular formula is C12H22. The van der Waals surface area contributed by atoms with E-state index >= 15 is 0 Å². The summed E-state index contributed by atoms with van der Waals surface area (Å²) in [4.78, 5) is 0. The third-order valence-electron chi connectivity index (χ3n) is 4.41. The second-order valence-corrected chi connectivity index (χ2v) is 5.14. The Morgan fingerprint density at radius 2 is 1.08 bits per heavy atom. The minimum absolute atomic E-state index is 1.03. The van der Waals surface area contributed by atoms with E-state index in [1.807, 2.05) is 0 Å². The van der Waals surface area contributed by atoms with Crippen molar-refractivity contribution in [3.05, 3.63) is 0 Å². The molecule has 0 unspecified atom stereocenters. The number of hydrogen-bond acceptors (Lipinski definition) is 0. The van der Waals surface area contributed by atoms with Crippen molar-refractivity contribution in [1.82, 2.24) is 0 Å². The quantitative estimate of drug-likeness (QED) is 0.512. The second kappa shape index (κ2) is 3.40. The summed E-state index contributed by atoms with van der Waals surface area (Å²) in [6.07, 6.45) is 9.10. The molecule has 12 heavy (non-hydrogen) atoms. The van der Waals surface area contributed by atoms with Gasteiger partial charge in [0.05, 0.1) is 0 Å². The molecule has 2 aliphatic rings. The van der Waals surface area contributed by atoms with Gasteiger partial charge in [-0.25, -0.2) is 0 Å². The third-order valence-corrected chi connectivity index (χ3v) is 4.41. The number of hydrogen-bond donors (Lipinski definition) is 0. The molecule has 70 valence electrons. The summed E-state index contributed by atoms with van der Waals surface area (Å²) in [5, 5.41) is 0. The standard InChI is InChI=1S/C12H22/c1-9-7-8-10(2)12-6-4-3-5-11(9)12/h9-12H,3-8H2,1-2H3/t9-,10-,11-,12+/m0/s1. The van der Waals surface area contributed by atoms with Gasteiger partial charge in [0.1, 0.15) is 0 Å². The molecule has 0 N–H and O–H groups in total. The van der Waals surface area contributed by atoms with Gasteiger partial charge in [0.2, 0.25) is 0 Å². The molecule has 0 aliphatic heterocycles. The van der Waals surface area contributed by atoms with E-state index in [-0.39, 0.29) is 0 Å². The van der Waals surface area contributed by atoms with Gasteiger partial charge >= 0.3 is 0 Å². The molecule has 0 spiro atoms. The lowest BCUT2D eigenvalue weighted by Gasteiger charge is -2.43. The Balaban J connectivity index is 2.05. The molecule has 0 amide bonds. The van der Waals surface area contributed by atoms with Crippen LogP contribution in [0.5, 0.6) is 0 Å². The first kappa shape index (κ1) is 8.59. The zero-order chi connectivity index (χ0) is 8.55. The molecule has 0 nitrogen and oxygen atoms in total. The van der Waals surface area contributed by atoms with Crippen molar-refractivity contribution >= 4 is 0 Å². The SMILES string of the molecule is C[C@H]1CC[C@H](C)[C@H]2CCCC[C@H]21. The Kier molecular flexibility index (Phi) is 2.43. The summed E-state index contributed by atoms with van der Waals surface area (Å²) in [7, 11) is 0. The highest BCUT2D eigenvalue weighted by Crippen LogP contribution is 2.46. The first-order chi connectivity index (χ1) is 5.79. The summed E-state index contributed by atoms with van der Waals surface area (Å²) < 4.78 is 0. The molecule has 2 fully saturated rings. The van der Waals surface area contributed by atoms with Gasteiger partial charge in [0.25, 0.3) is 0 Å². The van der Waals surface area contributed by atoms with Crippen molar-refractivity contribution in [3.63, 3.8) is 0 Å². The summed E-state index contributed by atoms with van der Waals surface area (Å²) in [6.45, 7) is 4.96. The van der Waals surface area contributed by atoms with Crippen molar-refractivity contribution in [2.24, 2.45) is 23.7 Å². The van der Waals surface area contributed by atoms with Crippen LogP contribution in [0.1, 0.15) is 52.4 Å². The first-order valence-electron chi connectivity index (χ1n) is 5.79. The largest absolute Gasteiger partial charge is 0.0622 e. The highest BCUT2D eigenvalue weighted by molar-refractivity contribution is 4.86. The van der Waals surface area contributed by atoms with Crippen molar-refractivity contribution < 1.29 is 0 Å². The molecule has 0 aromatic carbocycles. The molecule has 4 atom stereocenters. The Bertz CT molecular complexity index is 132. The maximum atomic E-state index is 2.48. The van der Waals surface area contributed by atoms with Gasteiger partial charge in [0.15, 0.2) is 0 Å². The predicted molar refractivity (Wildman–Crippen MR) is 53.0 cm³/mol. The zero-order valence-electron chi connectivity index (χ0n) is 8.55. The molecule has 0 saturated heterocycles. The average molecular weight is 166 g/mol. The average Bonchev–Trinajstić information content (AvgIpc) is 2.12. The van der Waals surface area contributed by atoms with Crippen LogP contribution in [0.25, 0.3) is 0 Å². The molecule has 2 rings (SSSR count). The maximum absolute atomic E-state index is 2.48. The third kappa shape index (κ3) is 1.41. The summed E-state index contributed by atoms with van der Waals surface area (Å²) in [5.74, 6) is 4.27. The lowest BCUT2D eigenvalue weighted by molar-refractivity contribution is 0.0672. The fourth-order valence-corrected chi connectivity index (χ4v) is 3.56. The van der Waals surface area contributed by atoms with E-state index in [4.69, 9.17) is 0 Å². The van der Waals surface area contributed by atoms with E-state index in [0.29, 0.717) is 0 Å². The minimum Gasteiger partial charge on any atom is -0.0622 e. The van der Waals surface area contributed by atoms with Crippen LogP contribution in [0.3, 0.4) is 0 Å². The Morgan fingerprint density at radius 1 is 0.667 bits per heavy atom. The zero-order valence-corrected chi connectivity index (χ0v) is 8.55. The summed E-state index contributed by atoms with van der Waals surface area (Å²) >= 11 is 0. The van der Waals surface area contributed by atoms with E-state index in [9.17, 15) is 0 Å². The van der Waals surface area contributed by atoms with Crippen LogP contribution < -0.4 is 0 Å². The molecule has 0 radical (unpaired) electrons.